The van der Waals surface area contributed by atoms with Crippen LogP contribution in [0.25, 0.3) is 0 Å². The quantitative estimate of drug-likeness (QED) is 0.825. The van der Waals surface area contributed by atoms with Crippen molar-refractivity contribution in [3.05, 3.63) is 35.9 Å². The van der Waals surface area contributed by atoms with Gasteiger partial charge in [-0.3, -0.25) is 4.79 Å². The number of hydrogen-bond acceptors (Lipinski definition) is 4. The monoisotopic (exact) mass is 249 g/mol. The Labute approximate surface area is 107 Å². The van der Waals surface area contributed by atoms with Gasteiger partial charge >= 0.3 is 5.97 Å². The van der Waals surface area contributed by atoms with Crippen LogP contribution in [0.5, 0.6) is 0 Å². The predicted octanol–water partition coefficient (Wildman–Crippen LogP) is 1.67. The molecule has 2 rings (SSSR count). The van der Waals surface area contributed by atoms with E-state index in [9.17, 15) is 4.79 Å². The summed E-state index contributed by atoms with van der Waals surface area (Å²) in [5, 5.41) is 3.11. The molecule has 18 heavy (non-hydrogen) atoms. The molecule has 4 nitrogen and oxygen atoms in total. The lowest BCUT2D eigenvalue weighted by atomic mass is 10.1. The highest BCUT2D eigenvalue weighted by Gasteiger charge is 2.31. The molecule has 1 heterocycles. The Hall–Kier alpha value is -1.39. The predicted molar refractivity (Wildman–Crippen MR) is 68.2 cm³/mol. The smallest absolute Gasteiger partial charge is 0.323 e. The van der Waals surface area contributed by atoms with Crippen LogP contribution in [0.4, 0.5) is 0 Å². The normalized spacial score (nSPS) is 24.8. The van der Waals surface area contributed by atoms with Gasteiger partial charge in [0.1, 0.15) is 12.1 Å². The molecule has 0 radical (unpaired) electrons. The van der Waals surface area contributed by atoms with Crippen LogP contribution in [0.15, 0.2) is 30.3 Å². The van der Waals surface area contributed by atoms with Crippen LogP contribution in [-0.2, 0) is 14.3 Å². The SMILES string of the molecule is COC1CNC(C(=O)OC(C)c2ccccc2)C1. The highest BCUT2D eigenvalue weighted by molar-refractivity contribution is 5.76. The molecule has 0 bridgehead atoms. The first-order valence-corrected chi connectivity index (χ1v) is 6.22. The summed E-state index contributed by atoms with van der Waals surface area (Å²) in [6, 6.07) is 9.49. The maximum Gasteiger partial charge on any atom is 0.323 e. The van der Waals surface area contributed by atoms with Gasteiger partial charge in [0.05, 0.1) is 6.10 Å². The third-order valence-electron chi connectivity index (χ3n) is 3.27. The topological polar surface area (TPSA) is 47.6 Å². The van der Waals surface area contributed by atoms with Gasteiger partial charge in [0.2, 0.25) is 0 Å². The first-order valence-electron chi connectivity index (χ1n) is 6.22. The number of carbonyl (C=O) groups is 1. The molecular formula is C14H19NO3. The maximum absolute atomic E-state index is 12.0. The summed E-state index contributed by atoms with van der Waals surface area (Å²) in [7, 11) is 1.66. The Morgan fingerprint density at radius 3 is 2.72 bits per heavy atom. The number of esters is 1. The number of ether oxygens (including phenoxy) is 2. The Morgan fingerprint density at radius 1 is 1.39 bits per heavy atom. The zero-order valence-corrected chi connectivity index (χ0v) is 10.8. The van der Waals surface area contributed by atoms with Gasteiger partial charge in [-0.2, -0.15) is 0 Å². The second-order valence-electron chi connectivity index (χ2n) is 4.54. The van der Waals surface area contributed by atoms with E-state index < -0.39 is 0 Å². The van der Waals surface area contributed by atoms with E-state index >= 15 is 0 Å². The average molecular weight is 249 g/mol. The third-order valence-corrected chi connectivity index (χ3v) is 3.27. The van der Waals surface area contributed by atoms with E-state index in [-0.39, 0.29) is 24.2 Å². The fourth-order valence-electron chi connectivity index (χ4n) is 2.11. The van der Waals surface area contributed by atoms with E-state index in [1.165, 1.54) is 0 Å². The molecule has 0 spiro atoms. The minimum Gasteiger partial charge on any atom is -0.457 e. The molecule has 1 saturated heterocycles. The standard InChI is InChI=1S/C14H19NO3/c1-10(11-6-4-3-5-7-11)18-14(16)13-8-12(17-2)9-15-13/h3-7,10,12-13,15H,8-9H2,1-2H3. The van der Waals surface area contributed by atoms with Crippen molar-refractivity contribution in [3.8, 4) is 0 Å². The first-order chi connectivity index (χ1) is 8.70. The Kier molecular flexibility index (Phi) is 4.33. The summed E-state index contributed by atoms with van der Waals surface area (Å²) in [5.41, 5.74) is 1.01. The van der Waals surface area contributed by atoms with Gasteiger partial charge in [-0.05, 0) is 12.5 Å². The molecule has 1 aliphatic heterocycles. The zero-order valence-electron chi connectivity index (χ0n) is 10.8. The highest BCUT2D eigenvalue weighted by atomic mass is 16.5. The van der Waals surface area contributed by atoms with Gasteiger partial charge in [0, 0.05) is 20.1 Å². The van der Waals surface area contributed by atoms with Crippen LogP contribution in [0.1, 0.15) is 25.0 Å². The molecule has 0 amide bonds. The van der Waals surface area contributed by atoms with Crippen molar-refractivity contribution in [2.45, 2.75) is 31.6 Å². The van der Waals surface area contributed by atoms with Gasteiger partial charge in [-0.25, -0.2) is 0 Å². The number of methoxy groups -OCH3 is 1. The van der Waals surface area contributed by atoms with Crippen LogP contribution >= 0.6 is 0 Å². The van der Waals surface area contributed by atoms with Gasteiger partial charge in [-0.15, -0.1) is 0 Å². The van der Waals surface area contributed by atoms with E-state index in [4.69, 9.17) is 9.47 Å². The molecule has 0 aromatic heterocycles. The number of carbonyl (C=O) groups excluding carboxylic acids is 1. The summed E-state index contributed by atoms with van der Waals surface area (Å²) >= 11 is 0. The second-order valence-corrected chi connectivity index (χ2v) is 4.54. The van der Waals surface area contributed by atoms with Crippen molar-refractivity contribution in [2.75, 3.05) is 13.7 Å². The fraction of sp³-hybridized carbons (Fsp3) is 0.500. The van der Waals surface area contributed by atoms with Crippen molar-refractivity contribution in [1.82, 2.24) is 5.32 Å². The fourth-order valence-corrected chi connectivity index (χ4v) is 2.11. The minimum atomic E-state index is -0.249. The molecule has 1 N–H and O–H groups in total. The lowest BCUT2D eigenvalue weighted by molar-refractivity contribution is -0.151. The van der Waals surface area contributed by atoms with Crippen LogP contribution < -0.4 is 5.32 Å². The van der Waals surface area contributed by atoms with Crippen LogP contribution in [0, 0.1) is 0 Å². The van der Waals surface area contributed by atoms with Gasteiger partial charge in [0.15, 0.2) is 0 Å². The molecule has 1 fully saturated rings. The summed E-state index contributed by atoms with van der Waals surface area (Å²) in [4.78, 5) is 12.0. The van der Waals surface area contributed by atoms with E-state index in [0.717, 1.165) is 5.56 Å². The zero-order chi connectivity index (χ0) is 13.0. The molecule has 0 saturated carbocycles. The lowest BCUT2D eigenvalue weighted by Gasteiger charge is -2.16. The summed E-state index contributed by atoms with van der Waals surface area (Å²) in [6.07, 6.45) is 0.563. The molecule has 1 aromatic carbocycles. The Balaban J connectivity index is 1.88. The number of rotatable bonds is 4. The third kappa shape index (κ3) is 3.09. The number of nitrogens with one attached hydrogen (secondary N) is 1. The van der Waals surface area contributed by atoms with E-state index in [2.05, 4.69) is 5.32 Å². The summed E-state index contributed by atoms with van der Waals surface area (Å²) in [5.74, 6) is -0.203. The molecule has 1 aliphatic rings. The van der Waals surface area contributed by atoms with Crippen molar-refractivity contribution >= 4 is 5.97 Å². The molecule has 3 unspecified atom stereocenters. The molecule has 3 atom stereocenters. The second kappa shape index (κ2) is 5.98. The largest absolute Gasteiger partial charge is 0.457 e. The van der Waals surface area contributed by atoms with Gasteiger partial charge in [-0.1, -0.05) is 30.3 Å². The summed E-state index contributed by atoms with van der Waals surface area (Å²) < 4.78 is 10.7. The van der Waals surface area contributed by atoms with Crippen LogP contribution in [-0.4, -0.2) is 31.8 Å². The van der Waals surface area contributed by atoms with E-state index in [0.29, 0.717) is 13.0 Å². The van der Waals surface area contributed by atoms with Gasteiger partial charge < -0.3 is 14.8 Å². The molecule has 4 heteroatoms. The van der Waals surface area contributed by atoms with Gasteiger partial charge in [0.25, 0.3) is 0 Å². The van der Waals surface area contributed by atoms with Crippen molar-refractivity contribution in [1.29, 1.82) is 0 Å². The van der Waals surface area contributed by atoms with E-state index in [1.54, 1.807) is 7.11 Å². The van der Waals surface area contributed by atoms with Crippen molar-refractivity contribution in [3.63, 3.8) is 0 Å². The van der Waals surface area contributed by atoms with Crippen LogP contribution in [0.2, 0.25) is 0 Å². The van der Waals surface area contributed by atoms with Crippen molar-refractivity contribution < 1.29 is 14.3 Å². The number of hydrogen-bond donors (Lipinski definition) is 1. The Morgan fingerprint density at radius 2 is 2.11 bits per heavy atom. The minimum absolute atomic E-state index is 0.106. The highest BCUT2D eigenvalue weighted by Crippen LogP contribution is 2.19. The number of benzene rings is 1. The lowest BCUT2D eigenvalue weighted by Crippen LogP contribution is -2.32. The average Bonchev–Trinajstić information content (AvgIpc) is 2.88. The maximum atomic E-state index is 12.0. The first kappa shape index (κ1) is 13.1. The molecule has 98 valence electrons. The van der Waals surface area contributed by atoms with E-state index in [1.807, 2.05) is 37.3 Å². The summed E-state index contributed by atoms with van der Waals surface area (Å²) in [6.45, 7) is 2.59. The molecular weight excluding hydrogens is 230 g/mol. The molecule has 0 aliphatic carbocycles. The van der Waals surface area contributed by atoms with Crippen molar-refractivity contribution in [2.24, 2.45) is 0 Å². The Bertz CT molecular complexity index is 393. The molecule has 1 aromatic rings. The van der Waals surface area contributed by atoms with Crippen LogP contribution in [0.3, 0.4) is 0 Å².